The number of sulfonamides is 1. The van der Waals surface area contributed by atoms with Crippen LogP contribution in [0.2, 0.25) is 0 Å². The Kier molecular flexibility index (Phi) is 3.93. The lowest BCUT2D eigenvalue weighted by Gasteiger charge is -2.04. The van der Waals surface area contributed by atoms with Gasteiger partial charge >= 0.3 is 5.97 Å². The monoisotopic (exact) mass is 315 g/mol. The number of nitrogens with zero attached hydrogens (tertiary/aromatic N) is 2. The van der Waals surface area contributed by atoms with Gasteiger partial charge in [-0.15, -0.1) is 11.3 Å². The first-order valence-electron chi connectivity index (χ1n) is 5.61. The van der Waals surface area contributed by atoms with Crippen LogP contribution in [0, 0.1) is 6.92 Å². The number of carboxylic acids is 1. The van der Waals surface area contributed by atoms with E-state index in [9.17, 15) is 13.2 Å². The molecular formula is C11H13N3O4S2. The van der Waals surface area contributed by atoms with E-state index in [2.05, 4.69) is 9.71 Å². The molecule has 2 aromatic rings. The second kappa shape index (κ2) is 5.35. The van der Waals surface area contributed by atoms with Crippen molar-refractivity contribution in [2.75, 3.05) is 0 Å². The lowest BCUT2D eigenvalue weighted by Crippen LogP contribution is -2.24. The Bertz CT molecular complexity index is 746. The molecule has 0 atom stereocenters. The van der Waals surface area contributed by atoms with Crippen LogP contribution in [0.5, 0.6) is 0 Å². The summed E-state index contributed by atoms with van der Waals surface area (Å²) >= 11 is 0.739. The molecule has 2 heterocycles. The van der Waals surface area contributed by atoms with Crippen molar-refractivity contribution in [1.82, 2.24) is 14.3 Å². The Labute approximate surface area is 119 Å². The molecule has 2 rings (SSSR count). The van der Waals surface area contributed by atoms with E-state index < -0.39 is 16.0 Å². The van der Waals surface area contributed by atoms with Crippen LogP contribution in [0.15, 0.2) is 22.7 Å². The minimum atomic E-state index is -3.74. The summed E-state index contributed by atoms with van der Waals surface area (Å²) in [6.07, 6.45) is 3.28. The number of rotatable bonds is 5. The quantitative estimate of drug-likeness (QED) is 0.856. The topological polar surface area (TPSA) is 101 Å². The van der Waals surface area contributed by atoms with E-state index in [0.29, 0.717) is 11.4 Å². The molecule has 0 spiro atoms. The summed E-state index contributed by atoms with van der Waals surface area (Å²) in [6, 6.07) is 1.36. The number of aryl methyl sites for hydroxylation is 2. The van der Waals surface area contributed by atoms with Gasteiger partial charge in [-0.1, -0.05) is 0 Å². The number of aromatic nitrogens is 2. The number of imidazole rings is 1. The minimum absolute atomic E-state index is 0.0124. The van der Waals surface area contributed by atoms with Gasteiger partial charge in [0, 0.05) is 19.4 Å². The lowest BCUT2D eigenvalue weighted by molar-refractivity contribution is 0.0701. The fourth-order valence-corrected chi connectivity index (χ4v) is 4.00. The normalized spacial score (nSPS) is 11.7. The number of hydrogen-bond acceptors (Lipinski definition) is 5. The first kappa shape index (κ1) is 14.7. The third-order valence-corrected chi connectivity index (χ3v) is 5.80. The zero-order valence-electron chi connectivity index (χ0n) is 10.8. The maximum Gasteiger partial charge on any atom is 0.346 e. The average Bonchev–Trinajstić information content (AvgIpc) is 2.93. The number of carboxylic acid groups (broad SMARTS) is 1. The second-order valence-electron chi connectivity index (χ2n) is 4.16. The van der Waals surface area contributed by atoms with Gasteiger partial charge in [-0.3, -0.25) is 0 Å². The van der Waals surface area contributed by atoms with E-state index in [1.807, 2.05) is 0 Å². The van der Waals surface area contributed by atoms with Crippen LogP contribution in [0.4, 0.5) is 0 Å². The molecular weight excluding hydrogens is 302 g/mol. The largest absolute Gasteiger partial charge is 0.477 e. The van der Waals surface area contributed by atoms with Gasteiger partial charge in [0.2, 0.25) is 10.0 Å². The van der Waals surface area contributed by atoms with E-state index in [1.54, 1.807) is 30.9 Å². The molecule has 2 aromatic heterocycles. The van der Waals surface area contributed by atoms with Gasteiger partial charge in [-0.2, -0.15) is 0 Å². The predicted octanol–water partition coefficient (Wildman–Crippen LogP) is 0.967. The Morgan fingerprint density at radius 1 is 1.55 bits per heavy atom. The predicted molar refractivity (Wildman–Crippen MR) is 73.2 cm³/mol. The van der Waals surface area contributed by atoms with Crippen molar-refractivity contribution in [3.8, 4) is 0 Å². The summed E-state index contributed by atoms with van der Waals surface area (Å²) in [4.78, 5) is 15.0. The van der Waals surface area contributed by atoms with Crippen molar-refractivity contribution < 1.29 is 18.3 Å². The summed E-state index contributed by atoms with van der Waals surface area (Å²) in [7, 11) is -1.98. The van der Waals surface area contributed by atoms with Crippen molar-refractivity contribution in [1.29, 1.82) is 0 Å². The standard InChI is InChI=1S/C11H13N3O4S2/c1-7-5-9(19-10(7)11(15)16)20(17,18)13-6-8-12-3-4-14(8)2/h3-5,13H,6H2,1-2H3,(H,15,16). The minimum Gasteiger partial charge on any atom is -0.477 e. The number of carbonyl (C=O) groups is 1. The molecule has 0 aliphatic heterocycles. The Balaban J connectivity index is 2.20. The molecule has 7 nitrogen and oxygen atoms in total. The van der Waals surface area contributed by atoms with Crippen LogP contribution in [-0.4, -0.2) is 29.0 Å². The Hall–Kier alpha value is -1.71. The molecule has 0 saturated heterocycles. The maximum absolute atomic E-state index is 12.1. The highest BCUT2D eigenvalue weighted by Crippen LogP contribution is 2.25. The van der Waals surface area contributed by atoms with Crippen LogP contribution < -0.4 is 4.72 Å². The van der Waals surface area contributed by atoms with Gasteiger partial charge in [0.15, 0.2) is 0 Å². The molecule has 0 radical (unpaired) electrons. The van der Waals surface area contributed by atoms with Crippen LogP contribution in [0.1, 0.15) is 21.1 Å². The van der Waals surface area contributed by atoms with Crippen LogP contribution in [0.25, 0.3) is 0 Å². The zero-order chi connectivity index (χ0) is 14.9. The molecule has 9 heteroatoms. The fourth-order valence-electron chi connectivity index (χ4n) is 1.60. The van der Waals surface area contributed by atoms with Gasteiger partial charge in [0.1, 0.15) is 14.9 Å². The van der Waals surface area contributed by atoms with Gasteiger partial charge in [0.25, 0.3) is 0 Å². The van der Waals surface area contributed by atoms with Crippen molar-refractivity contribution in [2.24, 2.45) is 7.05 Å². The molecule has 0 unspecified atom stereocenters. The van der Waals surface area contributed by atoms with Crippen LogP contribution >= 0.6 is 11.3 Å². The van der Waals surface area contributed by atoms with Crippen molar-refractivity contribution in [3.05, 3.63) is 34.7 Å². The van der Waals surface area contributed by atoms with Crippen LogP contribution in [0.3, 0.4) is 0 Å². The number of aromatic carboxylic acids is 1. The van der Waals surface area contributed by atoms with Gasteiger partial charge in [0.05, 0.1) is 6.54 Å². The first-order chi connectivity index (χ1) is 9.31. The molecule has 108 valence electrons. The van der Waals surface area contributed by atoms with Gasteiger partial charge in [-0.05, 0) is 18.6 Å². The van der Waals surface area contributed by atoms with Gasteiger partial charge in [-0.25, -0.2) is 22.9 Å². The Morgan fingerprint density at radius 2 is 2.25 bits per heavy atom. The molecule has 0 aliphatic carbocycles. The number of hydrogen-bond donors (Lipinski definition) is 2. The highest BCUT2D eigenvalue weighted by atomic mass is 32.2. The summed E-state index contributed by atoms with van der Waals surface area (Å²) in [5.74, 6) is -0.557. The summed E-state index contributed by atoms with van der Waals surface area (Å²) < 4.78 is 28.3. The molecule has 0 aromatic carbocycles. The Morgan fingerprint density at radius 3 is 2.75 bits per heavy atom. The van der Waals surface area contributed by atoms with E-state index in [4.69, 9.17) is 5.11 Å². The molecule has 0 bridgehead atoms. The van der Waals surface area contributed by atoms with E-state index in [-0.39, 0.29) is 15.6 Å². The second-order valence-corrected chi connectivity index (χ2v) is 7.21. The molecule has 0 fully saturated rings. The van der Waals surface area contributed by atoms with Crippen LogP contribution in [-0.2, 0) is 23.6 Å². The number of thiophene rings is 1. The summed E-state index contributed by atoms with van der Waals surface area (Å²) in [6.45, 7) is 1.61. The number of nitrogens with one attached hydrogen (secondary N) is 1. The highest BCUT2D eigenvalue weighted by molar-refractivity contribution is 7.91. The molecule has 2 N–H and O–H groups in total. The molecule has 0 aliphatic rings. The smallest absolute Gasteiger partial charge is 0.346 e. The first-order valence-corrected chi connectivity index (χ1v) is 7.91. The van der Waals surface area contributed by atoms with Gasteiger partial charge < -0.3 is 9.67 Å². The molecule has 20 heavy (non-hydrogen) atoms. The van der Waals surface area contributed by atoms with E-state index in [1.165, 1.54) is 6.07 Å². The molecule has 0 amide bonds. The summed E-state index contributed by atoms with van der Waals surface area (Å²) in [5.41, 5.74) is 0.430. The lowest BCUT2D eigenvalue weighted by atomic mass is 10.3. The SMILES string of the molecule is Cc1cc(S(=O)(=O)NCc2nccn2C)sc1C(=O)O. The van der Waals surface area contributed by atoms with Crippen molar-refractivity contribution in [2.45, 2.75) is 17.7 Å². The third kappa shape index (κ3) is 2.89. The summed E-state index contributed by atoms with van der Waals surface area (Å²) in [5, 5.41) is 8.94. The average molecular weight is 315 g/mol. The highest BCUT2D eigenvalue weighted by Gasteiger charge is 2.21. The third-order valence-electron chi connectivity index (χ3n) is 2.70. The fraction of sp³-hybridized carbons (Fsp3) is 0.273. The van der Waals surface area contributed by atoms with E-state index in [0.717, 1.165) is 11.3 Å². The maximum atomic E-state index is 12.1. The zero-order valence-corrected chi connectivity index (χ0v) is 12.5. The van der Waals surface area contributed by atoms with Crippen molar-refractivity contribution >= 4 is 27.3 Å². The van der Waals surface area contributed by atoms with Crippen molar-refractivity contribution in [3.63, 3.8) is 0 Å². The molecule has 0 saturated carbocycles. The van der Waals surface area contributed by atoms with E-state index >= 15 is 0 Å².